The van der Waals surface area contributed by atoms with E-state index in [-0.39, 0.29) is 32.1 Å². The van der Waals surface area contributed by atoms with Crippen LogP contribution in [0.5, 0.6) is 0 Å². The zero-order valence-electron chi connectivity index (χ0n) is 36.8. The fraction of sp³-hybridized carbons (Fsp3) is 0.830. The normalized spacial score (nSPS) is 13.5. The molecule has 0 radical (unpaired) electrons. The number of carbonyl (C=O) groups excluding carboxylic acids is 2. The van der Waals surface area contributed by atoms with Crippen LogP contribution in [0.25, 0.3) is 0 Å². The average molecular weight is 826 g/mol. The third kappa shape index (κ3) is 45.2. The lowest BCUT2D eigenvalue weighted by Gasteiger charge is -2.15. The van der Waals surface area contributed by atoms with Gasteiger partial charge < -0.3 is 20.1 Å². The van der Waals surface area contributed by atoms with Gasteiger partial charge in [0.2, 0.25) is 5.91 Å². The predicted octanol–water partition coefficient (Wildman–Crippen LogP) is 13.3. The summed E-state index contributed by atoms with van der Waals surface area (Å²) < 4.78 is 26.9. The number of ether oxygens (including phenoxy) is 1. The van der Waals surface area contributed by atoms with Crippen molar-refractivity contribution in [2.24, 2.45) is 0 Å². The first-order valence-electron chi connectivity index (χ1n) is 23.5. The van der Waals surface area contributed by atoms with Crippen molar-refractivity contribution in [3.05, 3.63) is 36.5 Å². The van der Waals surface area contributed by atoms with E-state index in [0.29, 0.717) is 6.42 Å². The summed E-state index contributed by atoms with van der Waals surface area (Å²) in [6, 6.07) is 0. The van der Waals surface area contributed by atoms with Crippen LogP contribution in [0.15, 0.2) is 36.5 Å². The first-order valence-corrected chi connectivity index (χ1v) is 25.0. The number of nitrogens with one attached hydrogen (secondary N) is 1. The zero-order chi connectivity index (χ0) is 41.8. The molecule has 3 N–H and O–H groups in total. The van der Waals surface area contributed by atoms with E-state index in [1.54, 1.807) is 0 Å². The average Bonchev–Trinajstić information content (AvgIpc) is 3.20. The Morgan fingerprint density at radius 3 is 1.46 bits per heavy atom. The number of aliphatic hydroxyl groups excluding tert-OH is 1. The van der Waals surface area contributed by atoms with Crippen molar-refractivity contribution in [1.82, 2.24) is 5.32 Å². The first kappa shape index (κ1) is 55.2. The number of carbonyl (C=O) groups is 2. The van der Waals surface area contributed by atoms with E-state index in [1.165, 1.54) is 148 Å². The third-order valence-corrected chi connectivity index (χ3v) is 11.0. The lowest BCUT2D eigenvalue weighted by molar-refractivity contribution is -0.147. The van der Waals surface area contributed by atoms with E-state index in [9.17, 15) is 24.2 Å². The number of phosphoric ester groups is 1. The van der Waals surface area contributed by atoms with E-state index in [2.05, 4.69) is 55.6 Å². The van der Waals surface area contributed by atoms with Crippen molar-refractivity contribution in [2.45, 2.75) is 225 Å². The van der Waals surface area contributed by atoms with Crippen LogP contribution in [0.1, 0.15) is 219 Å². The van der Waals surface area contributed by atoms with Gasteiger partial charge in [-0.1, -0.05) is 172 Å². The van der Waals surface area contributed by atoms with E-state index in [4.69, 9.17) is 13.8 Å². The summed E-state index contributed by atoms with van der Waals surface area (Å²) in [4.78, 5) is 34.0. The van der Waals surface area contributed by atoms with Crippen LogP contribution in [0.2, 0.25) is 0 Å². The molecular formula is C47H88NO8P. The molecule has 1 amide bonds. The maximum Gasteiger partial charge on any atom is 0.472 e. The molecule has 0 spiro atoms. The minimum atomic E-state index is -4.42. The van der Waals surface area contributed by atoms with Crippen molar-refractivity contribution in [1.29, 1.82) is 0 Å². The molecule has 0 fully saturated rings. The maximum atomic E-state index is 12.1. The Hall–Kier alpha value is -1.77. The summed E-state index contributed by atoms with van der Waals surface area (Å²) in [6.07, 6.45) is 49.3. The van der Waals surface area contributed by atoms with Crippen LogP contribution in [-0.4, -0.2) is 54.3 Å². The van der Waals surface area contributed by atoms with Crippen LogP contribution < -0.4 is 5.32 Å². The van der Waals surface area contributed by atoms with Gasteiger partial charge in [-0.3, -0.25) is 18.6 Å². The molecule has 2 atom stereocenters. The lowest BCUT2D eigenvalue weighted by Crippen LogP contribution is -2.27. The van der Waals surface area contributed by atoms with Gasteiger partial charge in [0.25, 0.3) is 0 Å². The number of hydrogen-bond acceptors (Lipinski definition) is 7. The number of esters is 1. The van der Waals surface area contributed by atoms with Crippen LogP contribution in [0.4, 0.5) is 0 Å². The Morgan fingerprint density at radius 2 is 0.947 bits per heavy atom. The molecule has 0 aromatic rings. The van der Waals surface area contributed by atoms with E-state index < -0.39 is 26.5 Å². The van der Waals surface area contributed by atoms with Gasteiger partial charge in [0, 0.05) is 19.4 Å². The summed E-state index contributed by atoms with van der Waals surface area (Å²) in [5, 5.41) is 12.7. The molecule has 10 heteroatoms. The third-order valence-electron chi connectivity index (χ3n) is 10.0. The molecule has 334 valence electrons. The Kier molecular flexibility index (Phi) is 42.4. The second-order valence-corrected chi connectivity index (χ2v) is 17.2. The second kappa shape index (κ2) is 43.8. The van der Waals surface area contributed by atoms with Crippen molar-refractivity contribution >= 4 is 19.7 Å². The van der Waals surface area contributed by atoms with Gasteiger partial charge in [-0.05, 0) is 70.6 Å². The van der Waals surface area contributed by atoms with Crippen LogP contribution in [0, 0.1) is 0 Å². The quantitative estimate of drug-likeness (QED) is 0.0239. The molecule has 0 aliphatic carbocycles. The van der Waals surface area contributed by atoms with Crippen LogP contribution >= 0.6 is 7.82 Å². The highest BCUT2D eigenvalue weighted by Gasteiger charge is 2.23. The highest BCUT2D eigenvalue weighted by atomic mass is 31.2. The number of allylic oxidation sites excluding steroid dienone is 6. The first-order chi connectivity index (χ1) is 27.8. The van der Waals surface area contributed by atoms with Crippen molar-refractivity contribution in [3.63, 3.8) is 0 Å². The summed E-state index contributed by atoms with van der Waals surface area (Å²) in [6.45, 7) is 3.53. The molecule has 0 aliphatic rings. The molecule has 2 unspecified atom stereocenters. The maximum absolute atomic E-state index is 12.1. The van der Waals surface area contributed by atoms with Crippen LogP contribution in [0.3, 0.4) is 0 Å². The van der Waals surface area contributed by atoms with Gasteiger partial charge in [-0.15, -0.1) is 0 Å². The molecule has 0 rings (SSSR count). The standard InChI is InChI=1S/C47H88NO8P/c1-3-5-7-9-11-13-15-17-19-21-22-24-26-28-30-32-34-36-38-40-47(51)54-43-45(49)44-56-57(52,53)55-42-41-48-46(50)39-37-35-33-31-29-27-25-23-20-18-16-14-12-10-8-6-4-2/h11,13,17-20,45,49H,3-10,12,14-16,21-44H2,1-2H3,(H,48,50)(H,52,53)/b13-11-,19-17-,20-18-. The molecule has 0 heterocycles. The Morgan fingerprint density at radius 1 is 0.544 bits per heavy atom. The number of unbranched alkanes of at least 4 members (excludes halogenated alkanes) is 25. The van der Waals surface area contributed by atoms with Gasteiger partial charge >= 0.3 is 13.8 Å². The van der Waals surface area contributed by atoms with Gasteiger partial charge in [-0.2, -0.15) is 0 Å². The number of rotatable bonds is 44. The monoisotopic (exact) mass is 826 g/mol. The molecule has 0 aromatic carbocycles. The van der Waals surface area contributed by atoms with Gasteiger partial charge in [0.1, 0.15) is 12.7 Å². The number of hydrogen-bond donors (Lipinski definition) is 3. The minimum absolute atomic E-state index is 0.0796. The van der Waals surface area contributed by atoms with Crippen molar-refractivity contribution in [3.8, 4) is 0 Å². The summed E-state index contributed by atoms with van der Waals surface area (Å²) in [7, 11) is -4.42. The molecule has 0 saturated carbocycles. The SMILES string of the molecule is CCCCC/C=C\C/C=C\CCCCCCCCCCCC(=O)OCC(O)COP(=O)(O)OCCNC(=O)CCCCCCCCC/C=C\CCCCCCCC. The van der Waals surface area contributed by atoms with Gasteiger partial charge in [-0.25, -0.2) is 4.57 Å². The van der Waals surface area contributed by atoms with E-state index >= 15 is 0 Å². The predicted molar refractivity (Wildman–Crippen MR) is 238 cm³/mol. The summed E-state index contributed by atoms with van der Waals surface area (Å²) in [5.74, 6) is -0.521. The molecule has 9 nitrogen and oxygen atoms in total. The summed E-state index contributed by atoms with van der Waals surface area (Å²) in [5.41, 5.74) is 0. The molecule has 0 bridgehead atoms. The Bertz CT molecular complexity index is 1030. The van der Waals surface area contributed by atoms with E-state index in [1.807, 2.05) is 0 Å². The fourth-order valence-electron chi connectivity index (χ4n) is 6.46. The highest BCUT2D eigenvalue weighted by Crippen LogP contribution is 2.42. The fourth-order valence-corrected chi connectivity index (χ4v) is 7.22. The smallest absolute Gasteiger partial charge is 0.463 e. The number of phosphoric acid groups is 1. The largest absolute Gasteiger partial charge is 0.472 e. The Labute approximate surface area is 350 Å². The van der Waals surface area contributed by atoms with Gasteiger partial charge in [0.15, 0.2) is 0 Å². The molecular weight excluding hydrogens is 737 g/mol. The molecule has 0 aromatic heterocycles. The number of amides is 1. The number of aliphatic hydroxyl groups is 1. The summed E-state index contributed by atoms with van der Waals surface area (Å²) >= 11 is 0. The van der Waals surface area contributed by atoms with Crippen molar-refractivity contribution < 1.29 is 37.9 Å². The van der Waals surface area contributed by atoms with Crippen LogP contribution in [-0.2, 0) is 27.9 Å². The lowest BCUT2D eigenvalue weighted by atomic mass is 10.1. The zero-order valence-corrected chi connectivity index (χ0v) is 37.7. The topological polar surface area (TPSA) is 131 Å². The molecule has 57 heavy (non-hydrogen) atoms. The molecule has 0 saturated heterocycles. The van der Waals surface area contributed by atoms with Gasteiger partial charge in [0.05, 0.1) is 13.2 Å². The minimum Gasteiger partial charge on any atom is -0.463 e. The Balaban J connectivity index is 3.58. The second-order valence-electron chi connectivity index (χ2n) is 15.7. The highest BCUT2D eigenvalue weighted by molar-refractivity contribution is 7.47. The van der Waals surface area contributed by atoms with E-state index in [0.717, 1.165) is 44.9 Å². The molecule has 0 aliphatic heterocycles. The van der Waals surface area contributed by atoms with Crippen molar-refractivity contribution in [2.75, 3.05) is 26.4 Å².